The number of likely N-dealkylation sites (N-methyl/N-ethyl adjacent to an activating group) is 1. The van der Waals surface area contributed by atoms with Gasteiger partial charge in [-0.05, 0) is 99.4 Å². The predicted octanol–water partition coefficient (Wildman–Crippen LogP) is 10.3. The van der Waals surface area contributed by atoms with Gasteiger partial charge in [-0.25, -0.2) is 24.9 Å². The van der Waals surface area contributed by atoms with E-state index in [-0.39, 0.29) is 36.1 Å². The number of benzene rings is 2. The highest BCUT2D eigenvalue weighted by molar-refractivity contribution is 9.09. The standard InChI is InChI=1S/C30H32ClN7O2.C23H22ClN7O.C4H4BrClO/c1-37(2)13-6-8-22(39)15-20-11-12-27(32-16-20)29(40)38-14-5-7-21(19-38)35-30-34-18-25(31)28(36-30)24-17-33-26-10-4-3-9-23(24)26;24-18-12-28-23(30-21(18)17-11-27-19-6-2-1-5-16(17)19)29-15-4-3-9-31(13-15)22(32)20-8-7-14(25)10-26-20;5-3-1-2-4(6)7/h3-4,6,8-12,16-18,21,33H,5,7,13-15,19H2,1-2H3,(H,34,35,36);1-2,5-8,10-12,15,27H,3-4,9,13,25H2,(H,28,29,30);1-2H,3H2/b8-6+;;2-1+/t21-;15-;/m11./s1. The van der Waals surface area contributed by atoms with Crippen molar-refractivity contribution >= 4 is 113 Å². The number of ketones is 1. The summed E-state index contributed by atoms with van der Waals surface area (Å²) in [4.78, 5) is 86.9. The Hall–Kier alpha value is -7.55. The number of aromatic amines is 2. The molecule has 8 aromatic rings. The average molecular weight is 1190 g/mol. The Morgan fingerprint density at radius 1 is 0.696 bits per heavy atom. The number of carbonyl (C=O) groups excluding carboxylic acids is 4. The number of aromatic nitrogens is 8. The van der Waals surface area contributed by atoms with Crippen molar-refractivity contribution in [2.45, 2.75) is 44.2 Å². The van der Waals surface area contributed by atoms with E-state index in [4.69, 9.17) is 50.5 Å². The number of nitrogens with one attached hydrogen (secondary N) is 4. The molecule has 2 atom stereocenters. The minimum absolute atomic E-state index is 0.00458. The van der Waals surface area contributed by atoms with E-state index in [2.05, 4.69) is 56.5 Å². The highest BCUT2D eigenvalue weighted by atomic mass is 79.9. The number of carbonyl (C=O) groups is 4. The van der Waals surface area contributed by atoms with Crippen LogP contribution in [-0.2, 0) is 16.0 Å². The largest absolute Gasteiger partial charge is 0.397 e. The summed E-state index contributed by atoms with van der Waals surface area (Å²) in [7, 11) is 3.89. The first-order valence-corrected chi connectivity index (χ1v) is 27.7. The summed E-state index contributed by atoms with van der Waals surface area (Å²) in [5.41, 5.74) is 12.9. The number of halogens is 4. The number of amides is 2. The summed E-state index contributed by atoms with van der Waals surface area (Å²) in [5, 5.41) is 10.0. The second kappa shape index (κ2) is 27.9. The molecule has 22 heteroatoms. The molecule has 8 heterocycles. The zero-order valence-electron chi connectivity index (χ0n) is 43.4. The van der Waals surface area contributed by atoms with Crippen molar-refractivity contribution in [1.82, 2.24) is 54.6 Å². The quantitative estimate of drug-likeness (QED) is 0.0365. The molecule has 408 valence electrons. The summed E-state index contributed by atoms with van der Waals surface area (Å²) < 4.78 is 0. The van der Waals surface area contributed by atoms with Crippen molar-refractivity contribution in [3.8, 4) is 22.5 Å². The molecule has 2 saturated heterocycles. The number of nitrogen functional groups attached to an aromatic ring is 1. The van der Waals surface area contributed by atoms with Crippen molar-refractivity contribution in [1.29, 1.82) is 0 Å². The smallest absolute Gasteiger partial charge is 0.272 e. The van der Waals surface area contributed by atoms with E-state index in [0.29, 0.717) is 88.5 Å². The molecule has 0 unspecified atom stereocenters. The highest BCUT2D eigenvalue weighted by Crippen LogP contribution is 2.34. The molecule has 2 fully saturated rings. The third-order valence-electron chi connectivity index (χ3n) is 12.8. The Bertz CT molecular complexity index is 3460. The summed E-state index contributed by atoms with van der Waals surface area (Å²) in [6.45, 7) is 3.09. The number of rotatable bonds is 15. The molecule has 2 amide bonds. The molecule has 2 aromatic carbocycles. The minimum atomic E-state index is -0.431. The second-order valence-corrected chi connectivity index (χ2v) is 20.8. The van der Waals surface area contributed by atoms with Crippen LogP contribution in [-0.4, -0.2) is 142 Å². The summed E-state index contributed by atoms with van der Waals surface area (Å²) in [6, 6.07) is 22.8. The Morgan fingerprint density at radius 3 is 1.67 bits per heavy atom. The second-order valence-electron chi connectivity index (χ2n) is 18.9. The SMILES string of the molecule is CN(C)C/C=C/C(=O)Cc1ccc(C(=O)N2CCC[C@@H](Nc3ncc(Cl)c(-c4c[nH]c5ccccc45)n3)C2)nc1.Nc1ccc(C(=O)N2CCC[C@@H](Nc3ncc(Cl)c(-c4c[nH]c5ccccc45)n3)C2)nc1.O=C(Cl)/C=C/CBr. The van der Waals surface area contributed by atoms with Crippen molar-refractivity contribution in [3.63, 3.8) is 0 Å². The number of allylic oxidation sites excluding steroid dienone is 3. The van der Waals surface area contributed by atoms with Gasteiger partial charge in [-0.1, -0.05) is 93.7 Å². The molecule has 6 N–H and O–H groups in total. The van der Waals surface area contributed by atoms with E-state index in [9.17, 15) is 19.2 Å². The normalized spacial score (nSPS) is 15.4. The van der Waals surface area contributed by atoms with Gasteiger partial charge in [0.1, 0.15) is 11.4 Å². The number of anilines is 3. The average Bonchev–Trinajstić information content (AvgIpc) is 4.24. The molecular weight excluding hydrogens is 1130 g/mol. The lowest BCUT2D eigenvalue weighted by molar-refractivity contribution is -0.114. The monoisotopic (exact) mass is 1190 g/mol. The van der Waals surface area contributed by atoms with Crippen LogP contribution >= 0.6 is 50.7 Å². The molecule has 2 aliphatic rings. The van der Waals surface area contributed by atoms with Crippen LogP contribution in [0.5, 0.6) is 0 Å². The van der Waals surface area contributed by atoms with Crippen LogP contribution in [0, 0.1) is 0 Å². The zero-order valence-corrected chi connectivity index (χ0v) is 47.2. The van der Waals surface area contributed by atoms with Crippen molar-refractivity contribution in [2.75, 3.05) is 68.5 Å². The summed E-state index contributed by atoms with van der Waals surface area (Å²) in [5.74, 6) is 0.722. The van der Waals surface area contributed by atoms with Gasteiger partial charge in [-0.2, -0.15) is 0 Å². The van der Waals surface area contributed by atoms with Crippen molar-refractivity contribution in [3.05, 3.63) is 161 Å². The topological polar surface area (TPSA) is 237 Å². The maximum atomic E-state index is 13.2. The molecule has 2 aliphatic heterocycles. The van der Waals surface area contributed by atoms with Crippen LogP contribution in [0.1, 0.15) is 52.2 Å². The fourth-order valence-corrected chi connectivity index (χ4v) is 9.68. The maximum Gasteiger partial charge on any atom is 0.272 e. The van der Waals surface area contributed by atoms with Gasteiger partial charge in [0.15, 0.2) is 5.78 Å². The zero-order chi connectivity index (χ0) is 55.8. The molecule has 0 spiro atoms. The third kappa shape index (κ3) is 15.8. The van der Waals surface area contributed by atoms with Crippen LogP contribution in [0.2, 0.25) is 10.0 Å². The Labute approximate surface area is 480 Å². The highest BCUT2D eigenvalue weighted by Gasteiger charge is 2.28. The van der Waals surface area contributed by atoms with Gasteiger partial charge in [-0.3, -0.25) is 24.2 Å². The first-order chi connectivity index (χ1) is 38.2. The van der Waals surface area contributed by atoms with E-state index < -0.39 is 5.24 Å². The lowest BCUT2D eigenvalue weighted by Gasteiger charge is -2.33. The molecule has 0 radical (unpaired) electrons. The summed E-state index contributed by atoms with van der Waals surface area (Å²) >= 11 is 20.9. The van der Waals surface area contributed by atoms with Gasteiger partial charge in [0.25, 0.3) is 11.8 Å². The number of nitrogens with zero attached hydrogens (tertiary/aromatic N) is 9. The van der Waals surface area contributed by atoms with E-state index in [0.717, 1.165) is 64.2 Å². The van der Waals surface area contributed by atoms with Gasteiger partial charge in [-0.15, -0.1) is 0 Å². The Kier molecular flexibility index (Phi) is 20.3. The number of hydrogen-bond donors (Lipinski definition) is 5. The number of fused-ring (bicyclic) bond motifs is 2. The van der Waals surface area contributed by atoms with Gasteiger partial charge in [0.05, 0.1) is 45.7 Å². The molecule has 18 nitrogen and oxygen atoms in total. The number of hydrogen-bond acceptors (Lipinski definition) is 14. The number of para-hydroxylation sites is 2. The van der Waals surface area contributed by atoms with Gasteiger partial charge >= 0.3 is 0 Å². The lowest BCUT2D eigenvalue weighted by atomic mass is 10.0. The molecule has 0 aliphatic carbocycles. The lowest BCUT2D eigenvalue weighted by Crippen LogP contribution is -2.45. The molecule has 0 saturated carbocycles. The van der Waals surface area contributed by atoms with Gasteiger partial charge < -0.3 is 41.0 Å². The molecule has 0 bridgehead atoms. The number of pyridine rings is 2. The van der Waals surface area contributed by atoms with Gasteiger partial charge in [0, 0.05) is 108 Å². The maximum absolute atomic E-state index is 13.2. The van der Waals surface area contributed by atoms with Crippen molar-refractivity contribution < 1.29 is 19.2 Å². The summed E-state index contributed by atoms with van der Waals surface area (Å²) in [6.07, 6.45) is 20.3. The number of alkyl halides is 1. The molecular formula is C57H58BrCl3N14O4. The van der Waals surface area contributed by atoms with Crippen LogP contribution < -0.4 is 16.4 Å². The van der Waals surface area contributed by atoms with E-state index in [1.165, 1.54) is 12.3 Å². The Morgan fingerprint density at radius 2 is 1.22 bits per heavy atom. The van der Waals surface area contributed by atoms with Gasteiger partial charge in [0.2, 0.25) is 17.1 Å². The fourth-order valence-electron chi connectivity index (χ4n) is 9.01. The fraction of sp³-hybridized carbons (Fsp3) is 0.263. The molecule has 6 aromatic heterocycles. The van der Waals surface area contributed by atoms with E-state index in [1.807, 2.05) is 86.0 Å². The predicted molar refractivity (Wildman–Crippen MR) is 317 cm³/mol. The van der Waals surface area contributed by atoms with Crippen LogP contribution in [0.15, 0.2) is 134 Å². The van der Waals surface area contributed by atoms with E-state index >= 15 is 0 Å². The van der Waals surface area contributed by atoms with Crippen LogP contribution in [0.3, 0.4) is 0 Å². The van der Waals surface area contributed by atoms with E-state index in [1.54, 1.807) is 64.8 Å². The number of nitrogens with two attached hydrogens (primary N) is 1. The van der Waals surface area contributed by atoms with Crippen LogP contribution in [0.25, 0.3) is 44.3 Å². The first-order valence-electron chi connectivity index (χ1n) is 25.4. The minimum Gasteiger partial charge on any atom is -0.397 e. The van der Waals surface area contributed by atoms with Crippen molar-refractivity contribution in [2.24, 2.45) is 0 Å². The first kappa shape index (κ1) is 57.6. The Balaban J connectivity index is 0.000000189. The van der Waals surface area contributed by atoms with Crippen LogP contribution in [0.4, 0.5) is 17.6 Å². The number of piperidine rings is 2. The number of likely N-dealkylation sites (tertiary alicyclic amines) is 2. The third-order valence-corrected chi connectivity index (χ3v) is 13.9. The number of H-pyrrole nitrogens is 2. The molecule has 79 heavy (non-hydrogen) atoms. The molecule has 10 rings (SSSR count).